The number of benzene rings is 16. The van der Waals surface area contributed by atoms with E-state index < -0.39 is 139 Å². The molecule has 107 heavy (non-hydrogen) atoms. The fourth-order valence-corrected chi connectivity index (χ4v) is 16.8. The molecule has 2 aliphatic heterocycles. The van der Waals surface area contributed by atoms with E-state index in [1.165, 1.54) is 9.13 Å². The Morgan fingerprint density at radius 3 is 1.35 bits per heavy atom. The zero-order valence-corrected chi connectivity index (χ0v) is 57.7. The van der Waals surface area contributed by atoms with E-state index in [0.29, 0.717) is 89.3 Å². The summed E-state index contributed by atoms with van der Waals surface area (Å²) in [6.45, 7) is 5.36. The second-order valence-electron chi connectivity index (χ2n) is 28.3. The Hall–Kier alpha value is -13.6. The fraction of sp³-hybridized carbons (Fsp3) is 0.0400. The van der Waals surface area contributed by atoms with Crippen LogP contribution in [0.4, 0.5) is 34.1 Å². The number of fused-ring (bicyclic) bond motifs is 16. The van der Waals surface area contributed by atoms with Gasteiger partial charge in [-0.25, -0.2) is 0 Å². The van der Waals surface area contributed by atoms with Gasteiger partial charge in [0.15, 0.2) is 11.2 Å². The van der Waals surface area contributed by atoms with Crippen LogP contribution in [0.25, 0.3) is 149 Å². The van der Waals surface area contributed by atoms with Crippen molar-refractivity contribution in [3.05, 3.63) is 363 Å². The smallest absolute Gasteiger partial charge is 0.252 e. The molecule has 22 rings (SSSR count). The first-order valence-electron chi connectivity index (χ1n) is 45.9. The Morgan fingerprint density at radius 2 is 0.748 bits per heavy atom. The fourth-order valence-electron chi connectivity index (χ4n) is 16.8. The third kappa shape index (κ3) is 9.20. The highest BCUT2D eigenvalue weighted by molar-refractivity contribution is 7.00. The molecule has 0 aliphatic carbocycles. The topological polar surface area (TPSA) is 34.4 Å². The van der Waals surface area contributed by atoms with E-state index >= 15 is 0 Å². The third-order valence-electron chi connectivity index (χ3n) is 21.5. The van der Waals surface area contributed by atoms with Crippen molar-refractivity contribution in [1.29, 1.82) is 0 Å². The number of para-hydroxylation sites is 7. The van der Waals surface area contributed by atoms with Gasteiger partial charge in [0.1, 0.15) is 0 Å². The van der Waals surface area contributed by atoms with E-state index in [-0.39, 0.29) is 66.1 Å². The SMILES string of the molecule is [2H]c1c([2H])c([2H])c(-c2ccc3c(c2)N(c2c(-c4ccccc4)cc(C(C)(C)C)cc2-c2ccccc2)c2cc(-n4c5c([2H])c([2H])c([2H])c([2H])c5c5c([2H])c([2H])c([2H])c([2H])c54)cc4c2B3c2ccc(-n3c5c([2H])c([2H])c([2H])c([2H])c5c5c([2H])c([2H])c([2H])c([2H])c53)cc2N4c2cccc3c2oc2c(-n4c5ccccc5c5cc(-c6ccccc6)ccc54)cccc23)c([2H])c1[2H]. The van der Waals surface area contributed by atoms with Crippen LogP contribution in [0, 0.1) is 0 Å². The van der Waals surface area contributed by atoms with Gasteiger partial charge in [-0.05, 0) is 158 Å². The number of furan rings is 1. The Labute approximate surface area is 649 Å². The summed E-state index contributed by atoms with van der Waals surface area (Å²) < 4.78 is 213. The van der Waals surface area contributed by atoms with E-state index in [0.717, 1.165) is 49.6 Å². The maximum atomic E-state index is 10.2. The van der Waals surface area contributed by atoms with Crippen LogP contribution in [0.1, 0.15) is 55.1 Å². The first-order chi connectivity index (χ1) is 61.5. The van der Waals surface area contributed by atoms with Crippen LogP contribution in [0.15, 0.2) is 362 Å². The van der Waals surface area contributed by atoms with Crippen molar-refractivity contribution in [3.63, 3.8) is 0 Å². The quantitative estimate of drug-likeness (QED) is 0.135. The summed E-state index contributed by atoms with van der Waals surface area (Å²) in [7, 11) is 0. The summed E-state index contributed by atoms with van der Waals surface area (Å²) in [6, 6.07) is 62.3. The maximum absolute atomic E-state index is 10.2. The minimum absolute atomic E-state index is 0.0801. The molecule has 16 aromatic carbocycles. The van der Waals surface area contributed by atoms with Crippen LogP contribution < -0.4 is 26.2 Å². The lowest BCUT2D eigenvalue weighted by atomic mass is 9.33. The lowest BCUT2D eigenvalue weighted by Crippen LogP contribution is -2.61. The second-order valence-corrected chi connectivity index (χ2v) is 28.3. The van der Waals surface area contributed by atoms with Gasteiger partial charge in [-0.3, -0.25) is 0 Å². The van der Waals surface area contributed by atoms with Gasteiger partial charge in [0.05, 0.1) is 84.6 Å². The van der Waals surface area contributed by atoms with Gasteiger partial charge < -0.3 is 27.9 Å². The Bertz CT molecular complexity index is 8170. The molecule has 0 atom stereocenters. The molecule has 4 aromatic heterocycles. The number of rotatable bonds is 9. The van der Waals surface area contributed by atoms with Gasteiger partial charge in [0.2, 0.25) is 0 Å². The Kier molecular flexibility index (Phi) is 9.53. The first-order valence-corrected chi connectivity index (χ1v) is 35.4. The van der Waals surface area contributed by atoms with Crippen molar-refractivity contribution in [1.82, 2.24) is 13.7 Å². The predicted octanol–water partition coefficient (Wildman–Crippen LogP) is 24.9. The molecule has 20 aromatic rings. The summed E-state index contributed by atoms with van der Waals surface area (Å²) in [5.41, 5.74) is 12.1. The van der Waals surface area contributed by atoms with Gasteiger partial charge in [0, 0.05) is 82.7 Å². The zero-order chi connectivity index (χ0) is 89.0. The number of hydrogen-bond acceptors (Lipinski definition) is 3. The Balaban J connectivity index is 0.952. The lowest BCUT2D eigenvalue weighted by Gasteiger charge is -2.45. The molecule has 0 spiro atoms. The number of anilines is 6. The van der Waals surface area contributed by atoms with Crippen LogP contribution >= 0.6 is 0 Å². The van der Waals surface area contributed by atoms with E-state index in [1.807, 2.05) is 157 Å². The number of nitrogens with zero attached hydrogens (tertiary/aromatic N) is 5. The molecule has 0 amide bonds. The zero-order valence-electron chi connectivity index (χ0n) is 78.7. The molecule has 0 fully saturated rings. The maximum Gasteiger partial charge on any atom is 0.252 e. The molecular weight excluding hydrogens is 1300 g/mol. The van der Waals surface area contributed by atoms with Crippen molar-refractivity contribution in [3.8, 4) is 61.6 Å². The second kappa shape index (κ2) is 23.5. The molecule has 0 radical (unpaired) electrons. The molecule has 0 bridgehead atoms. The van der Waals surface area contributed by atoms with E-state index in [1.54, 1.807) is 24.3 Å². The Morgan fingerprint density at radius 1 is 0.290 bits per heavy atom. The highest BCUT2D eigenvalue weighted by Crippen LogP contribution is 2.55. The molecule has 0 saturated carbocycles. The molecule has 0 saturated heterocycles. The molecule has 2 aliphatic rings. The first kappa shape index (κ1) is 43.5. The van der Waals surface area contributed by atoms with Gasteiger partial charge in [-0.15, -0.1) is 0 Å². The minimum Gasteiger partial charge on any atom is -0.452 e. The van der Waals surface area contributed by atoms with E-state index in [9.17, 15) is 24.7 Å². The normalized spacial score (nSPS) is 15.5. The van der Waals surface area contributed by atoms with Crippen LogP contribution in [-0.2, 0) is 5.41 Å². The van der Waals surface area contributed by atoms with Crippen molar-refractivity contribution >= 4 is 145 Å². The number of aromatic nitrogens is 3. The molecular formula is C100H68BN5O. The van der Waals surface area contributed by atoms with Crippen molar-refractivity contribution < 1.29 is 33.2 Å². The highest BCUT2D eigenvalue weighted by atomic mass is 16.3. The highest BCUT2D eigenvalue weighted by Gasteiger charge is 2.46. The van der Waals surface area contributed by atoms with Crippen molar-refractivity contribution in [2.24, 2.45) is 0 Å². The average Bonchev–Trinajstić information content (AvgIpc) is 0.826. The average molecular weight is 1390 g/mol. The third-order valence-corrected chi connectivity index (χ3v) is 21.5. The summed E-state index contributed by atoms with van der Waals surface area (Å²) >= 11 is 0. The van der Waals surface area contributed by atoms with Crippen LogP contribution in [-0.4, -0.2) is 20.4 Å². The standard InChI is InChI=1S/C100H68BN5O/c1-100(2,3)69-58-79(65-32-12-6-13-33-65)97(80(59-69)66-34-14-7-15-35-66)106-92-57-68(64-30-10-5-11-31-64)50-53-82(92)101-83-54-52-70(102-84-43-21-16-36-72(84)73-37-17-22-44-85(73)102)60-93(83)105(94-61-71(62-95(106)96(94)101)103-86-45-23-18-38-74(86)75-39-19-24-46-87(75)103)91-49-27-42-78-77-41-26-48-90(98(77)107-99(78)91)104-88-47-25-20-40-76(88)81-56-67(51-55-89(81)104)63-28-8-4-9-29-63/h4-62H,1-3H3/i5D,10D,11D,16D,17D,18D,19D,21D,22D,23D,24D,30D,31D,36D,37D,38D,39D,43D,44D,45D,46D. The van der Waals surface area contributed by atoms with Crippen molar-refractivity contribution in [2.75, 3.05) is 9.80 Å². The van der Waals surface area contributed by atoms with Crippen molar-refractivity contribution in [2.45, 2.75) is 26.2 Å². The van der Waals surface area contributed by atoms with E-state index in [4.69, 9.17) is 8.53 Å². The van der Waals surface area contributed by atoms with Gasteiger partial charge in [-0.1, -0.05) is 281 Å². The van der Waals surface area contributed by atoms with Gasteiger partial charge >= 0.3 is 0 Å². The summed E-state index contributed by atoms with van der Waals surface area (Å²) in [4.78, 5) is 4.06. The molecule has 7 heteroatoms. The largest absolute Gasteiger partial charge is 0.452 e. The number of hydrogen-bond donors (Lipinski definition) is 0. The predicted molar refractivity (Wildman–Crippen MR) is 451 cm³/mol. The van der Waals surface area contributed by atoms with Gasteiger partial charge in [0.25, 0.3) is 6.71 Å². The molecule has 6 heterocycles. The van der Waals surface area contributed by atoms with Crippen LogP contribution in [0.5, 0.6) is 0 Å². The summed E-state index contributed by atoms with van der Waals surface area (Å²) in [6.07, 6.45) is 0. The summed E-state index contributed by atoms with van der Waals surface area (Å²) in [5.74, 6) is 0. The summed E-state index contributed by atoms with van der Waals surface area (Å²) in [5, 5.41) is 2.53. The van der Waals surface area contributed by atoms with Gasteiger partial charge in [-0.2, -0.15) is 0 Å². The monoisotopic (exact) mass is 1390 g/mol. The molecule has 6 nitrogen and oxygen atoms in total. The molecule has 0 unspecified atom stereocenters. The molecule has 0 N–H and O–H groups in total. The van der Waals surface area contributed by atoms with Crippen LogP contribution in [0.2, 0.25) is 0 Å². The lowest BCUT2D eigenvalue weighted by molar-refractivity contribution is 0.591. The minimum atomic E-state index is -1.01. The van der Waals surface area contributed by atoms with E-state index in [2.05, 4.69) is 84.8 Å². The van der Waals surface area contributed by atoms with Crippen LogP contribution in [0.3, 0.4) is 0 Å². The molecule has 502 valence electrons.